The van der Waals surface area contributed by atoms with Crippen molar-refractivity contribution in [3.8, 4) is 5.75 Å². The highest BCUT2D eigenvalue weighted by Crippen LogP contribution is 2.32. The van der Waals surface area contributed by atoms with Crippen molar-refractivity contribution in [2.45, 2.75) is 43.4 Å². The summed E-state index contributed by atoms with van der Waals surface area (Å²) in [6, 6.07) is 6.27. The number of sulfonamides is 1. The lowest BCUT2D eigenvalue weighted by Crippen LogP contribution is -2.32. The van der Waals surface area contributed by atoms with E-state index in [0.717, 1.165) is 30.1 Å². The minimum absolute atomic E-state index is 0.0683. The van der Waals surface area contributed by atoms with Gasteiger partial charge < -0.3 is 4.74 Å². The van der Waals surface area contributed by atoms with Crippen LogP contribution in [0, 0.1) is 0 Å². The van der Waals surface area contributed by atoms with E-state index in [4.69, 9.17) is 4.74 Å². The number of aryl methyl sites for hydroxylation is 2. The standard InChI is InChI=1S/C22H29N3O4S2/c1-4-15-25(22-23-19-8-5-6-9-20(19)30-22)21(26)10-7-16-24(2)31(27,28)18-13-11-17(29-3)12-14-18/h4,11-14H,1,5-10,15-16H2,2-3H3. The quantitative estimate of drug-likeness (QED) is 0.503. The van der Waals surface area contributed by atoms with Crippen LogP contribution in [-0.4, -0.2) is 50.9 Å². The summed E-state index contributed by atoms with van der Waals surface area (Å²) in [4.78, 5) is 20.7. The number of amides is 1. The molecule has 1 amide bonds. The second-order valence-electron chi connectivity index (χ2n) is 7.47. The fourth-order valence-corrected chi connectivity index (χ4v) is 5.89. The third-order valence-electron chi connectivity index (χ3n) is 5.31. The maximum absolute atomic E-state index is 12.9. The Bertz CT molecular complexity index is 992. The number of hydrogen-bond donors (Lipinski definition) is 0. The van der Waals surface area contributed by atoms with E-state index >= 15 is 0 Å². The predicted octanol–water partition coefficient (Wildman–Crippen LogP) is 3.65. The topological polar surface area (TPSA) is 79.8 Å². The van der Waals surface area contributed by atoms with Crippen molar-refractivity contribution in [1.29, 1.82) is 0 Å². The van der Waals surface area contributed by atoms with Crippen molar-refractivity contribution in [2.24, 2.45) is 0 Å². The molecule has 0 bridgehead atoms. The molecule has 0 saturated carbocycles. The SMILES string of the molecule is C=CCN(C(=O)CCCN(C)S(=O)(=O)c1ccc(OC)cc1)c1nc2c(s1)CCCC2. The Morgan fingerprint density at radius 1 is 1.26 bits per heavy atom. The zero-order valence-corrected chi connectivity index (χ0v) is 19.7. The van der Waals surface area contributed by atoms with Gasteiger partial charge in [-0.1, -0.05) is 6.08 Å². The van der Waals surface area contributed by atoms with Crippen LogP contribution in [0.2, 0.25) is 0 Å². The van der Waals surface area contributed by atoms with Crippen LogP contribution in [0.1, 0.15) is 36.3 Å². The number of rotatable bonds is 10. The van der Waals surface area contributed by atoms with Gasteiger partial charge in [-0.05, 0) is 56.4 Å². The number of carbonyl (C=O) groups is 1. The van der Waals surface area contributed by atoms with Crippen LogP contribution >= 0.6 is 11.3 Å². The summed E-state index contributed by atoms with van der Waals surface area (Å²) in [5, 5.41) is 0.719. The number of benzene rings is 1. The highest BCUT2D eigenvalue weighted by molar-refractivity contribution is 7.89. The Kier molecular flexibility index (Phi) is 7.85. The van der Waals surface area contributed by atoms with Gasteiger partial charge in [0.2, 0.25) is 15.9 Å². The fraction of sp³-hybridized carbons (Fsp3) is 0.455. The molecule has 1 aliphatic carbocycles. The molecule has 0 fully saturated rings. The van der Waals surface area contributed by atoms with E-state index in [0.29, 0.717) is 18.7 Å². The van der Waals surface area contributed by atoms with Gasteiger partial charge in [-0.2, -0.15) is 0 Å². The Morgan fingerprint density at radius 3 is 2.61 bits per heavy atom. The minimum Gasteiger partial charge on any atom is -0.497 e. The Hall–Kier alpha value is -2.23. The summed E-state index contributed by atoms with van der Waals surface area (Å²) in [6.45, 7) is 4.40. The summed E-state index contributed by atoms with van der Waals surface area (Å²) in [6.07, 6.45) is 6.65. The van der Waals surface area contributed by atoms with Crippen LogP contribution in [0.25, 0.3) is 0 Å². The van der Waals surface area contributed by atoms with Crippen LogP contribution in [0.4, 0.5) is 5.13 Å². The van der Waals surface area contributed by atoms with Crippen LogP contribution in [-0.2, 0) is 27.7 Å². The molecule has 9 heteroatoms. The number of hydrogen-bond acceptors (Lipinski definition) is 6. The van der Waals surface area contributed by atoms with Gasteiger partial charge in [0.1, 0.15) is 5.75 Å². The molecule has 0 N–H and O–H groups in total. The average molecular weight is 464 g/mol. The third-order valence-corrected chi connectivity index (χ3v) is 8.36. The number of anilines is 1. The first-order chi connectivity index (χ1) is 14.9. The molecule has 0 unspecified atom stereocenters. The molecule has 3 rings (SSSR count). The normalized spacial score (nSPS) is 13.6. The predicted molar refractivity (Wildman–Crippen MR) is 123 cm³/mol. The zero-order chi connectivity index (χ0) is 22.4. The number of aromatic nitrogens is 1. The van der Waals surface area contributed by atoms with E-state index < -0.39 is 10.0 Å². The van der Waals surface area contributed by atoms with Crippen LogP contribution < -0.4 is 9.64 Å². The molecule has 1 aliphatic rings. The number of nitrogens with zero attached hydrogens (tertiary/aromatic N) is 3. The zero-order valence-electron chi connectivity index (χ0n) is 18.0. The van der Waals surface area contributed by atoms with E-state index in [1.165, 1.54) is 41.9 Å². The molecule has 1 heterocycles. The molecule has 0 saturated heterocycles. The average Bonchev–Trinajstić information content (AvgIpc) is 3.21. The summed E-state index contributed by atoms with van der Waals surface area (Å²) in [5.74, 6) is 0.527. The summed E-state index contributed by atoms with van der Waals surface area (Å²) < 4.78 is 31.8. The maximum Gasteiger partial charge on any atom is 0.242 e. The lowest BCUT2D eigenvalue weighted by molar-refractivity contribution is -0.118. The van der Waals surface area contributed by atoms with Gasteiger partial charge in [-0.15, -0.1) is 17.9 Å². The highest BCUT2D eigenvalue weighted by atomic mass is 32.2. The largest absolute Gasteiger partial charge is 0.497 e. The second-order valence-corrected chi connectivity index (χ2v) is 10.6. The smallest absolute Gasteiger partial charge is 0.242 e. The van der Waals surface area contributed by atoms with Gasteiger partial charge in [0, 0.05) is 31.4 Å². The van der Waals surface area contributed by atoms with Crippen molar-refractivity contribution >= 4 is 32.4 Å². The van der Waals surface area contributed by atoms with Crippen molar-refractivity contribution in [2.75, 3.05) is 32.1 Å². The highest BCUT2D eigenvalue weighted by Gasteiger charge is 2.24. The van der Waals surface area contributed by atoms with E-state index in [9.17, 15) is 13.2 Å². The Morgan fingerprint density at radius 2 is 1.97 bits per heavy atom. The number of carbonyl (C=O) groups excluding carboxylic acids is 1. The van der Waals surface area contributed by atoms with Crippen LogP contribution in [0.3, 0.4) is 0 Å². The summed E-state index contributed by atoms with van der Waals surface area (Å²) in [5.41, 5.74) is 1.11. The molecule has 2 aromatic rings. The fourth-order valence-electron chi connectivity index (χ4n) is 3.51. The Labute approximate surface area is 188 Å². The molecule has 0 radical (unpaired) electrons. The van der Waals surface area contributed by atoms with Gasteiger partial charge >= 0.3 is 0 Å². The molecule has 0 atom stereocenters. The van der Waals surface area contributed by atoms with E-state index in [1.54, 1.807) is 34.4 Å². The van der Waals surface area contributed by atoms with Gasteiger partial charge in [0.15, 0.2) is 5.13 Å². The van der Waals surface area contributed by atoms with Gasteiger partial charge in [0.05, 0.1) is 17.7 Å². The number of ether oxygens (including phenoxy) is 1. The molecule has 7 nitrogen and oxygen atoms in total. The van der Waals surface area contributed by atoms with E-state index in [1.807, 2.05) is 0 Å². The molecule has 0 spiro atoms. The molecule has 1 aromatic carbocycles. The second kappa shape index (κ2) is 10.4. The van der Waals surface area contributed by atoms with Crippen LogP contribution in [0.15, 0.2) is 41.8 Å². The van der Waals surface area contributed by atoms with Crippen molar-refractivity contribution in [3.63, 3.8) is 0 Å². The van der Waals surface area contributed by atoms with Crippen molar-refractivity contribution in [3.05, 3.63) is 47.5 Å². The Balaban J connectivity index is 1.60. The molecule has 31 heavy (non-hydrogen) atoms. The molecular formula is C22H29N3O4S2. The van der Waals surface area contributed by atoms with Gasteiger partial charge in [-0.25, -0.2) is 17.7 Å². The number of thiazole rings is 1. The number of methoxy groups -OCH3 is 1. The summed E-state index contributed by atoms with van der Waals surface area (Å²) >= 11 is 1.59. The molecular weight excluding hydrogens is 434 g/mol. The molecule has 0 aliphatic heterocycles. The lowest BCUT2D eigenvalue weighted by Gasteiger charge is -2.20. The number of fused-ring (bicyclic) bond motifs is 1. The summed E-state index contributed by atoms with van der Waals surface area (Å²) in [7, 11) is -0.561. The first-order valence-corrected chi connectivity index (χ1v) is 12.6. The monoisotopic (exact) mass is 463 g/mol. The van der Waals surface area contributed by atoms with Gasteiger partial charge in [0.25, 0.3) is 0 Å². The van der Waals surface area contributed by atoms with Crippen molar-refractivity contribution < 1.29 is 17.9 Å². The maximum atomic E-state index is 12.9. The third kappa shape index (κ3) is 5.53. The van der Waals surface area contributed by atoms with E-state index in [2.05, 4.69) is 11.6 Å². The van der Waals surface area contributed by atoms with Crippen molar-refractivity contribution in [1.82, 2.24) is 9.29 Å². The molecule has 1 aromatic heterocycles. The first-order valence-electron chi connectivity index (χ1n) is 10.4. The molecule has 168 valence electrons. The lowest BCUT2D eigenvalue weighted by atomic mass is 10.0. The first kappa shape index (κ1) is 23.4. The minimum atomic E-state index is -3.62. The van der Waals surface area contributed by atoms with Gasteiger partial charge in [-0.3, -0.25) is 9.69 Å². The van der Waals surface area contributed by atoms with Crippen LogP contribution in [0.5, 0.6) is 5.75 Å². The van der Waals surface area contributed by atoms with E-state index in [-0.39, 0.29) is 23.8 Å².